The molecule has 2 amide bonds. The third kappa shape index (κ3) is 4.70. The largest absolute Gasteiger partial charge is 0.480 e. The maximum absolute atomic E-state index is 11.8. The summed E-state index contributed by atoms with van der Waals surface area (Å²) in [4.78, 5) is 24.2. The molecular formula is C11H20N2O5S. The number of amides is 2. The SMILES string of the molecule is CC1CCN(C(=O)NCCCS(C)(=O)=O)C1C(=O)O. The summed E-state index contributed by atoms with van der Waals surface area (Å²) < 4.78 is 21.8. The predicted molar refractivity (Wildman–Crippen MR) is 69.6 cm³/mol. The van der Waals surface area contributed by atoms with Gasteiger partial charge in [0, 0.05) is 19.3 Å². The van der Waals surface area contributed by atoms with E-state index in [1.165, 1.54) is 4.90 Å². The summed E-state index contributed by atoms with van der Waals surface area (Å²) in [6, 6.07) is -1.24. The number of nitrogens with zero attached hydrogens (tertiary/aromatic N) is 1. The fourth-order valence-corrected chi connectivity index (χ4v) is 2.85. The Morgan fingerprint density at radius 2 is 2.05 bits per heavy atom. The molecule has 0 aromatic carbocycles. The Morgan fingerprint density at radius 3 is 2.58 bits per heavy atom. The lowest BCUT2D eigenvalue weighted by Gasteiger charge is -2.23. The zero-order valence-electron chi connectivity index (χ0n) is 11.1. The number of carbonyl (C=O) groups excluding carboxylic acids is 1. The molecule has 0 aromatic rings. The number of nitrogens with one attached hydrogen (secondary N) is 1. The maximum Gasteiger partial charge on any atom is 0.326 e. The number of carboxylic acid groups (broad SMARTS) is 1. The summed E-state index contributed by atoms with van der Waals surface area (Å²) in [6.07, 6.45) is 2.12. The van der Waals surface area contributed by atoms with Gasteiger partial charge in [0.25, 0.3) is 0 Å². The van der Waals surface area contributed by atoms with Crippen LogP contribution in [0.25, 0.3) is 0 Å². The van der Waals surface area contributed by atoms with Gasteiger partial charge in [-0.3, -0.25) is 0 Å². The highest BCUT2D eigenvalue weighted by Gasteiger charge is 2.39. The van der Waals surface area contributed by atoms with Crippen molar-refractivity contribution in [2.24, 2.45) is 5.92 Å². The van der Waals surface area contributed by atoms with Crippen LogP contribution < -0.4 is 5.32 Å². The van der Waals surface area contributed by atoms with Gasteiger partial charge >= 0.3 is 12.0 Å². The summed E-state index contributed by atoms with van der Waals surface area (Å²) in [6.45, 7) is 2.44. The van der Waals surface area contributed by atoms with Crippen molar-refractivity contribution in [3.05, 3.63) is 0 Å². The molecule has 1 rings (SSSR count). The van der Waals surface area contributed by atoms with Gasteiger partial charge in [0.1, 0.15) is 15.9 Å². The van der Waals surface area contributed by atoms with Crippen LogP contribution in [0.3, 0.4) is 0 Å². The molecule has 2 N–H and O–H groups in total. The molecule has 1 aliphatic rings. The number of hydrogen-bond donors (Lipinski definition) is 2. The third-order valence-corrected chi connectivity index (χ3v) is 4.21. The van der Waals surface area contributed by atoms with Gasteiger partial charge in [-0.05, 0) is 18.8 Å². The first-order valence-electron chi connectivity index (χ1n) is 6.17. The molecule has 1 aliphatic heterocycles. The molecule has 0 aliphatic carbocycles. The quantitative estimate of drug-likeness (QED) is 0.690. The highest BCUT2D eigenvalue weighted by molar-refractivity contribution is 7.90. The molecule has 0 radical (unpaired) electrons. The van der Waals surface area contributed by atoms with Crippen LogP contribution in [0.1, 0.15) is 19.8 Å². The van der Waals surface area contributed by atoms with E-state index in [2.05, 4.69) is 5.32 Å². The van der Waals surface area contributed by atoms with Crippen molar-refractivity contribution in [2.45, 2.75) is 25.8 Å². The van der Waals surface area contributed by atoms with Crippen LogP contribution in [0.5, 0.6) is 0 Å². The number of sulfone groups is 1. The van der Waals surface area contributed by atoms with E-state index in [1.807, 2.05) is 0 Å². The van der Waals surface area contributed by atoms with Crippen molar-refractivity contribution in [1.82, 2.24) is 10.2 Å². The lowest BCUT2D eigenvalue weighted by Crippen LogP contribution is -2.47. The second-order valence-electron chi connectivity index (χ2n) is 4.96. The Kier molecular flexibility index (Phi) is 5.16. The highest BCUT2D eigenvalue weighted by Crippen LogP contribution is 2.23. The lowest BCUT2D eigenvalue weighted by atomic mass is 10.0. The molecule has 110 valence electrons. The van der Waals surface area contributed by atoms with E-state index >= 15 is 0 Å². The summed E-state index contributed by atoms with van der Waals surface area (Å²) >= 11 is 0. The normalized spacial score (nSPS) is 23.4. The molecule has 2 atom stereocenters. The van der Waals surface area contributed by atoms with Gasteiger partial charge in [-0.1, -0.05) is 6.92 Å². The minimum Gasteiger partial charge on any atom is -0.480 e. The van der Waals surface area contributed by atoms with Crippen LogP contribution in [0, 0.1) is 5.92 Å². The van der Waals surface area contributed by atoms with Crippen LogP contribution in [-0.2, 0) is 14.6 Å². The number of carboxylic acids is 1. The molecule has 0 bridgehead atoms. The van der Waals surface area contributed by atoms with E-state index < -0.39 is 27.9 Å². The van der Waals surface area contributed by atoms with E-state index in [-0.39, 0.29) is 18.2 Å². The van der Waals surface area contributed by atoms with E-state index in [0.717, 1.165) is 6.26 Å². The van der Waals surface area contributed by atoms with Crippen molar-refractivity contribution in [3.63, 3.8) is 0 Å². The van der Waals surface area contributed by atoms with Gasteiger partial charge in [0.15, 0.2) is 0 Å². The van der Waals surface area contributed by atoms with Crippen LogP contribution >= 0.6 is 0 Å². The number of aliphatic carboxylic acids is 1. The van der Waals surface area contributed by atoms with Crippen LogP contribution in [0.2, 0.25) is 0 Å². The van der Waals surface area contributed by atoms with E-state index in [9.17, 15) is 18.0 Å². The fraction of sp³-hybridized carbons (Fsp3) is 0.818. The van der Waals surface area contributed by atoms with Crippen molar-refractivity contribution < 1.29 is 23.1 Å². The molecule has 0 saturated carbocycles. The number of likely N-dealkylation sites (tertiary alicyclic amines) is 1. The minimum atomic E-state index is -3.03. The second kappa shape index (κ2) is 6.23. The number of rotatable bonds is 5. The van der Waals surface area contributed by atoms with E-state index in [0.29, 0.717) is 19.4 Å². The summed E-state index contributed by atoms with van der Waals surface area (Å²) in [5, 5.41) is 11.6. The van der Waals surface area contributed by atoms with Gasteiger partial charge in [-0.2, -0.15) is 0 Å². The van der Waals surface area contributed by atoms with Crippen molar-refractivity contribution >= 4 is 21.8 Å². The van der Waals surface area contributed by atoms with Gasteiger partial charge < -0.3 is 15.3 Å². The number of hydrogen-bond acceptors (Lipinski definition) is 4. The molecule has 8 heteroatoms. The molecule has 0 aromatic heterocycles. The topological polar surface area (TPSA) is 104 Å². The summed E-state index contributed by atoms with van der Waals surface area (Å²) in [5.41, 5.74) is 0. The molecule has 2 unspecified atom stereocenters. The van der Waals surface area contributed by atoms with Crippen LogP contribution in [0.15, 0.2) is 0 Å². The first-order valence-corrected chi connectivity index (χ1v) is 8.23. The standard InChI is InChI=1S/C11H20N2O5S/c1-8-4-6-13(9(8)10(14)15)11(16)12-5-3-7-19(2,17)18/h8-9H,3-7H2,1-2H3,(H,12,16)(H,14,15). The average Bonchev–Trinajstić information content (AvgIpc) is 2.65. The molecule has 19 heavy (non-hydrogen) atoms. The zero-order valence-corrected chi connectivity index (χ0v) is 11.9. The number of urea groups is 1. The van der Waals surface area contributed by atoms with E-state index in [1.54, 1.807) is 6.92 Å². The monoisotopic (exact) mass is 292 g/mol. The Labute approximate surface area is 112 Å². The molecule has 1 saturated heterocycles. The van der Waals surface area contributed by atoms with Gasteiger partial charge in [-0.25, -0.2) is 18.0 Å². The van der Waals surface area contributed by atoms with Crippen LogP contribution in [-0.4, -0.2) is 61.6 Å². The maximum atomic E-state index is 11.8. The van der Waals surface area contributed by atoms with Crippen molar-refractivity contribution in [3.8, 4) is 0 Å². The molecule has 7 nitrogen and oxygen atoms in total. The first kappa shape index (κ1) is 15.7. The van der Waals surface area contributed by atoms with E-state index in [4.69, 9.17) is 5.11 Å². The highest BCUT2D eigenvalue weighted by atomic mass is 32.2. The Bertz CT molecular complexity index is 448. The lowest BCUT2D eigenvalue weighted by molar-refractivity contribution is -0.142. The summed E-state index contributed by atoms with van der Waals surface area (Å²) in [5.74, 6) is -1.07. The van der Waals surface area contributed by atoms with Gasteiger partial charge in [0.2, 0.25) is 0 Å². The Morgan fingerprint density at radius 1 is 1.42 bits per heavy atom. The first-order chi connectivity index (χ1) is 8.72. The minimum absolute atomic E-state index is 0.00599. The predicted octanol–water partition coefficient (Wildman–Crippen LogP) is -0.0743. The molecule has 1 heterocycles. The van der Waals surface area contributed by atoms with Crippen LogP contribution in [0.4, 0.5) is 4.79 Å². The molecular weight excluding hydrogens is 272 g/mol. The average molecular weight is 292 g/mol. The second-order valence-corrected chi connectivity index (χ2v) is 7.22. The van der Waals surface area contributed by atoms with Crippen molar-refractivity contribution in [1.29, 1.82) is 0 Å². The Hall–Kier alpha value is -1.31. The Balaban J connectivity index is 2.43. The number of carbonyl (C=O) groups is 2. The van der Waals surface area contributed by atoms with Crippen molar-refractivity contribution in [2.75, 3.05) is 25.1 Å². The zero-order chi connectivity index (χ0) is 14.6. The van der Waals surface area contributed by atoms with Gasteiger partial charge in [0.05, 0.1) is 5.75 Å². The fourth-order valence-electron chi connectivity index (χ4n) is 2.18. The van der Waals surface area contributed by atoms with Gasteiger partial charge in [-0.15, -0.1) is 0 Å². The summed E-state index contributed by atoms with van der Waals surface area (Å²) in [7, 11) is -3.03. The third-order valence-electron chi connectivity index (χ3n) is 3.18. The smallest absolute Gasteiger partial charge is 0.326 e. The molecule has 1 fully saturated rings. The molecule has 0 spiro atoms.